The van der Waals surface area contributed by atoms with E-state index in [1.807, 2.05) is 0 Å². The van der Waals surface area contributed by atoms with Crippen LogP contribution in [0.2, 0.25) is 0 Å². The van der Waals surface area contributed by atoms with E-state index >= 15 is 0 Å². The molecule has 0 radical (unpaired) electrons. The van der Waals surface area contributed by atoms with Crippen molar-refractivity contribution in [1.82, 2.24) is 9.55 Å². The molecular formula is C17H23N3. The summed E-state index contributed by atoms with van der Waals surface area (Å²) in [5.41, 5.74) is 8.72. The van der Waals surface area contributed by atoms with Crippen LogP contribution in [-0.2, 0) is 19.4 Å². The molecule has 0 bridgehead atoms. The molecule has 2 unspecified atom stereocenters. The van der Waals surface area contributed by atoms with Gasteiger partial charge in [0.15, 0.2) is 0 Å². The maximum absolute atomic E-state index is 6.30. The topological polar surface area (TPSA) is 43.8 Å². The molecular weight excluding hydrogens is 246 g/mol. The maximum atomic E-state index is 6.30. The summed E-state index contributed by atoms with van der Waals surface area (Å²) in [6, 6.07) is 10.6. The second kappa shape index (κ2) is 5.31. The van der Waals surface area contributed by atoms with E-state index < -0.39 is 0 Å². The van der Waals surface area contributed by atoms with Gasteiger partial charge in [0.05, 0.1) is 5.69 Å². The van der Waals surface area contributed by atoms with Gasteiger partial charge < -0.3 is 10.3 Å². The quantitative estimate of drug-likeness (QED) is 0.928. The smallest absolute Gasteiger partial charge is 0.126 e. The van der Waals surface area contributed by atoms with Crippen molar-refractivity contribution in [2.75, 3.05) is 5.73 Å². The minimum absolute atomic E-state index is 0.452. The van der Waals surface area contributed by atoms with Gasteiger partial charge >= 0.3 is 0 Å². The molecule has 2 atom stereocenters. The van der Waals surface area contributed by atoms with Crippen LogP contribution in [0, 0.1) is 5.92 Å². The zero-order valence-electron chi connectivity index (χ0n) is 12.3. The minimum Gasteiger partial charge on any atom is -0.384 e. The average molecular weight is 269 g/mol. The van der Waals surface area contributed by atoms with Crippen LogP contribution in [0.4, 0.5) is 5.82 Å². The number of imidazole rings is 1. The highest BCUT2D eigenvalue weighted by Gasteiger charge is 2.22. The molecule has 0 saturated heterocycles. The van der Waals surface area contributed by atoms with Crippen LogP contribution in [0.3, 0.4) is 0 Å². The molecule has 106 valence electrons. The lowest BCUT2D eigenvalue weighted by Crippen LogP contribution is -2.18. The van der Waals surface area contributed by atoms with Crippen LogP contribution in [0.15, 0.2) is 30.3 Å². The van der Waals surface area contributed by atoms with Crippen molar-refractivity contribution in [2.24, 2.45) is 5.92 Å². The Bertz CT molecular complexity index is 586. The molecule has 1 aromatic heterocycles. The molecule has 0 amide bonds. The summed E-state index contributed by atoms with van der Waals surface area (Å²) in [6.07, 6.45) is 3.19. The lowest BCUT2D eigenvalue weighted by atomic mass is 9.96. The Morgan fingerprint density at radius 2 is 2.10 bits per heavy atom. The molecule has 2 aromatic rings. The van der Waals surface area contributed by atoms with E-state index in [4.69, 9.17) is 10.7 Å². The first kappa shape index (κ1) is 13.2. The van der Waals surface area contributed by atoms with Gasteiger partial charge in [-0.1, -0.05) is 44.2 Å². The van der Waals surface area contributed by atoms with Crippen LogP contribution in [-0.4, -0.2) is 9.55 Å². The number of hydrogen-bond donors (Lipinski definition) is 1. The lowest BCUT2D eigenvalue weighted by molar-refractivity contribution is 0.412. The van der Waals surface area contributed by atoms with Gasteiger partial charge in [-0.05, 0) is 30.2 Å². The largest absolute Gasteiger partial charge is 0.384 e. The lowest BCUT2D eigenvalue weighted by Gasteiger charge is -2.20. The molecule has 2 heterocycles. The number of nitrogens with zero attached hydrogens (tertiary/aromatic N) is 2. The summed E-state index contributed by atoms with van der Waals surface area (Å²) in [5, 5.41) is 0. The van der Waals surface area contributed by atoms with E-state index in [0.29, 0.717) is 5.92 Å². The number of aromatic nitrogens is 2. The first-order valence-electron chi connectivity index (χ1n) is 7.54. The molecule has 0 aliphatic carbocycles. The Morgan fingerprint density at radius 3 is 2.85 bits per heavy atom. The Labute approximate surface area is 120 Å². The highest BCUT2D eigenvalue weighted by atomic mass is 15.1. The Morgan fingerprint density at radius 1 is 1.35 bits per heavy atom. The van der Waals surface area contributed by atoms with E-state index in [0.717, 1.165) is 36.8 Å². The van der Waals surface area contributed by atoms with Gasteiger partial charge in [0.1, 0.15) is 11.6 Å². The Hall–Kier alpha value is -1.77. The van der Waals surface area contributed by atoms with Crippen LogP contribution in [0.1, 0.15) is 43.3 Å². The van der Waals surface area contributed by atoms with Crippen molar-refractivity contribution in [1.29, 1.82) is 0 Å². The van der Waals surface area contributed by atoms with Crippen LogP contribution in [0.5, 0.6) is 0 Å². The second-order valence-electron chi connectivity index (χ2n) is 6.13. The molecule has 20 heavy (non-hydrogen) atoms. The van der Waals surface area contributed by atoms with E-state index in [1.165, 1.54) is 17.8 Å². The van der Waals surface area contributed by atoms with Crippen molar-refractivity contribution in [3.8, 4) is 0 Å². The summed E-state index contributed by atoms with van der Waals surface area (Å²) < 4.78 is 2.22. The first-order chi connectivity index (χ1) is 9.65. The van der Waals surface area contributed by atoms with Crippen molar-refractivity contribution >= 4 is 5.82 Å². The predicted octanol–water partition coefficient (Wildman–Crippen LogP) is 3.39. The predicted molar refractivity (Wildman–Crippen MR) is 82.7 cm³/mol. The third-order valence-corrected chi connectivity index (χ3v) is 4.41. The number of anilines is 1. The van der Waals surface area contributed by atoms with Crippen LogP contribution in [0.25, 0.3) is 0 Å². The normalized spacial score (nSPS) is 19.6. The fourth-order valence-electron chi connectivity index (χ4n) is 3.08. The SMILES string of the molecule is CC1CCn2c(nc(CC(C)c3ccccc3)c2N)C1. The third kappa shape index (κ3) is 2.45. The summed E-state index contributed by atoms with van der Waals surface area (Å²) in [4.78, 5) is 4.80. The van der Waals surface area contributed by atoms with Crippen molar-refractivity contribution in [3.05, 3.63) is 47.4 Å². The summed E-state index contributed by atoms with van der Waals surface area (Å²) in [7, 11) is 0. The first-order valence-corrected chi connectivity index (χ1v) is 7.54. The van der Waals surface area contributed by atoms with Gasteiger partial charge in [-0.3, -0.25) is 0 Å². The number of rotatable bonds is 3. The van der Waals surface area contributed by atoms with E-state index in [-0.39, 0.29) is 0 Å². The number of benzene rings is 1. The number of nitrogen functional groups attached to an aromatic ring is 1. The van der Waals surface area contributed by atoms with Crippen LogP contribution >= 0.6 is 0 Å². The minimum atomic E-state index is 0.452. The van der Waals surface area contributed by atoms with Gasteiger partial charge in [-0.2, -0.15) is 0 Å². The van der Waals surface area contributed by atoms with Gasteiger partial charge in [0.25, 0.3) is 0 Å². The Balaban J connectivity index is 1.82. The number of fused-ring (bicyclic) bond motifs is 1. The second-order valence-corrected chi connectivity index (χ2v) is 6.13. The molecule has 3 heteroatoms. The fraction of sp³-hybridized carbons (Fsp3) is 0.471. The van der Waals surface area contributed by atoms with E-state index in [2.05, 4.69) is 48.7 Å². The Kier molecular flexibility index (Phi) is 3.51. The molecule has 0 fully saturated rings. The van der Waals surface area contributed by atoms with Gasteiger partial charge in [-0.15, -0.1) is 0 Å². The molecule has 2 N–H and O–H groups in total. The maximum Gasteiger partial charge on any atom is 0.126 e. The molecule has 1 aliphatic rings. The van der Waals surface area contributed by atoms with E-state index in [9.17, 15) is 0 Å². The molecule has 0 saturated carbocycles. The summed E-state index contributed by atoms with van der Waals surface area (Å²) in [6.45, 7) is 5.56. The van der Waals surface area contributed by atoms with Gasteiger partial charge in [-0.25, -0.2) is 4.98 Å². The highest BCUT2D eigenvalue weighted by Crippen LogP contribution is 2.28. The van der Waals surface area contributed by atoms with Gasteiger partial charge in [0, 0.05) is 13.0 Å². The van der Waals surface area contributed by atoms with Gasteiger partial charge in [0.2, 0.25) is 0 Å². The zero-order valence-corrected chi connectivity index (χ0v) is 12.3. The molecule has 3 rings (SSSR count). The van der Waals surface area contributed by atoms with Crippen molar-refractivity contribution in [2.45, 2.75) is 45.6 Å². The monoisotopic (exact) mass is 269 g/mol. The standard InChI is InChI=1S/C17H23N3/c1-12-8-9-20-16(10-12)19-15(17(20)18)11-13(2)14-6-4-3-5-7-14/h3-7,12-13H,8-11,18H2,1-2H3. The van der Waals surface area contributed by atoms with Crippen molar-refractivity contribution < 1.29 is 0 Å². The molecule has 1 aliphatic heterocycles. The highest BCUT2D eigenvalue weighted by molar-refractivity contribution is 5.40. The fourth-order valence-corrected chi connectivity index (χ4v) is 3.08. The molecule has 0 spiro atoms. The number of hydrogen-bond acceptors (Lipinski definition) is 2. The molecule has 3 nitrogen and oxygen atoms in total. The van der Waals surface area contributed by atoms with Crippen LogP contribution < -0.4 is 5.73 Å². The van der Waals surface area contributed by atoms with Crippen molar-refractivity contribution in [3.63, 3.8) is 0 Å². The average Bonchev–Trinajstić information content (AvgIpc) is 2.75. The van der Waals surface area contributed by atoms with E-state index in [1.54, 1.807) is 0 Å². The number of nitrogens with two attached hydrogens (primary N) is 1. The molecule has 1 aromatic carbocycles. The zero-order chi connectivity index (χ0) is 14.1. The third-order valence-electron chi connectivity index (χ3n) is 4.41. The summed E-state index contributed by atoms with van der Waals surface area (Å²) in [5.74, 6) is 3.24. The summed E-state index contributed by atoms with van der Waals surface area (Å²) >= 11 is 0.